The maximum Gasteiger partial charge on any atom is 0.0972 e. The van der Waals surface area contributed by atoms with Crippen molar-refractivity contribution in [1.82, 2.24) is 0 Å². The van der Waals surface area contributed by atoms with Gasteiger partial charge in [0.1, 0.15) is 0 Å². The number of hydrogen-bond acceptors (Lipinski definition) is 3. The van der Waals surface area contributed by atoms with Crippen LogP contribution in [0.2, 0.25) is 0 Å². The van der Waals surface area contributed by atoms with Gasteiger partial charge >= 0.3 is 0 Å². The summed E-state index contributed by atoms with van der Waals surface area (Å²) in [5.74, 6) is 0. The van der Waals surface area contributed by atoms with Crippen LogP contribution in [0.25, 0.3) is 0 Å². The summed E-state index contributed by atoms with van der Waals surface area (Å²) in [5, 5.41) is 0. The first-order valence-electron chi connectivity index (χ1n) is 4.47. The first-order valence-corrected chi connectivity index (χ1v) is 4.84. The molecule has 0 amide bonds. The fourth-order valence-corrected chi connectivity index (χ4v) is 2.11. The summed E-state index contributed by atoms with van der Waals surface area (Å²) in [4.78, 5) is 0. The average Bonchev–Trinajstić information content (AvgIpc) is 2.19. The largest absolute Gasteiger partial charge is 0.324 e. The number of hydrogen-bond donors (Lipinski definition) is 2. The standard InChI is InChI=1S/C10H13NOS/c11-9-5-6-10(12-13)8-4-2-1-3-7(8)9/h1-4,9-10,13H,5-6,11H2/t9-,10-/m1/s1. The maximum atomic E-state index is 5.98. The molecule has 0 fully saturated rings. The number of fused-ring (bicyclic) bond motifs is 1. The van der Waals surface area contributed by atoms with Crippen LogP contribution in [0, 0.1) is 0 Å². The van der Waals surface area contributed by atoms with E-state index < -0.39 is 0 Å². The Kier molecular flexibility index (Phi) is 2.58. The molecule has 0 aromatic heterocycles. The molecular weight excluding hydrogens is 182 g/mol. The first-order chi connectivity index (χ1) is 6.33. The zero-order valence-electron chi connectivity index (χ0n) is 7.31. The summed E-state index contributed by atoms with van der Waals surface area (Å²) >= 11 is 3.88. The van der Waals surface area contributed by atoms with Gasteiger partial charge in [0.05, 0.1) is 6.10 Å². The van der Waals surface area contributed by atoms with Crippen LogP contribution in [0.5, 0.6) is 0 Å². The third-order valence-electron chi connectivity index (χ3n) is 2.61. The Labute approximate surface area is 83.7 Å². The summed E-state index contributed by atoms with van der Waals surface area (Å²) in [7, 11) is 0. The molecule has 0 saturated heterocycles. The van der Waals surface area contributed by atoms with E-state index in [4.69, 9.17) is 9.92 Å². The molecule has 0 unspecified atom stereocenters. The number of benzene rings is 1. The van der Waals surface area contributed by atoms with Crippen LogP contribution in [0.3, 0.4) is 0 Å². The number of rotatable bonds is 1. The lowest BCUT2D eigenvalue weighted by atomic mass is 9.86. The summed E-state index contributed by atoms with van der Waals surface area (Å²) in [6.07, 6.45) is 2.04. The predicted octanol–water partition coefficient (Wildman–Crippen LogP) is 2.38. The third-order valence-corrected chi connectivity index (χ3v) is 2.86. The maximum absolute atomic E-state index is 5.98. The minimum Gasteiger partial charge on any atom is -0.324 e. The van der Waals surface area contributed by atoms with Crippen LogP contribution in [-0.2, 0) is 4.18 Å². The van der Waals surface area contributed by atoms with Gasteiger partial charge in [-0.3, -0.25) is 0 Å². The van der Waals surface area contributed by atoms with Crippen molar-refractivity contribution in [3.05, 3.63) is 35.4 Å². The minimum atomic E-state index is 0.110. The van der Waals surface area contributed by atoms with E-state index >= 15 is 0 Å². The zero-order chi connectivity index (χ0) is 9.26. The van der Waals surface area contributed by atoms with E-state index in [0.29, 0.717) is 0 Å². The van der Waals surface area contributed by atoms with Crippen LogP contribution in [0.15, 0.2) is 24.3 Å². The summed E-state index contributed by atoms with van der Waals surface area (Å²) < 4.78 is 5.10. The monoisotopic (exact) mass is 195 g/mol. The van der Waals surface area contributed by atoms with Crippen LogP contribution in [0.4, 0.5) is 0 Å². The van der Waals surface area contributed by atoms with Gasteiger partial charge in [-0.25, -0.2) is 0 Å². The Morgan fingerprint density at radius 3 is 2.62 bits per heavy atom. The van der Waals surface area contributed by atoms with Gasteiger partial charge in [0.2, 0.25) is 0 Å². The van der Waals surface area contributed by atoms with Gasteiger partial charge in [-0.2, -0.15) is 0 Å². The van der Waals surface area contributed by atoms with Crippen LogP contribution < -0.4 is 5.73 Å². The van der Waals surface area contributed by atoms with Crippen molar-refractivity contribution >= 4 is 12.9 Å². The van der Waals surface area contributed by atoms with E-state index in [1.165, 1.54) is 11.1 Å². The molecule has 0 aliphatic heterocycles. The Morgan fingerprint density at radius 1 is 1.23 bits per heavy atom. The zero-order valence-corrected chi connectivity index (χ0v) is 8.21. The lowest BCUT2D eigenvalue weighted by Crippen LogP contribution is -2.20. The molecule has 0 spiro atoms. The van der Waals surface area contributed by atoms with Gasteiger partial charge in [0.25, 0.3) is 0 Å². The smallest absolute Gasteiger partial charge is 0.0972 e. The fraction of sp³-hybridized carbons (Fsp3) is 0.400. The van der Waals surface area contributed by atoms with Crippen molar-refractivity contribution in [2.45, 2.75) is 25.0 Å². The second-order valence-electron chi connectivity index (χ2n) is 3.41. The quantitative estimate of drug-likeness (QED) is 0.533. The second-order valence-corrected chi connectivity index (χ2v) is 3.62. The predicted molar refractivity (Wildman–Crippen MR) is 55.4 cm³/mol. The molecular formula is C10H13NOS. The Bertz CT molecular complexity index is 303. The van der Waals surface area contributed by atoms with Crippen molar-refractivity contribution in [3.8, 4) is 0 Å². The lowest BCUT2D eigenvalue weighted by molar-refractivity contribution is 0.217. The van der Waals surface area contributed by atoms with Crippen molar-refractivity contribution in [2.24, 2.45) is 5.73 Å². The van der Waals surface area contributed by atoms with Crippen LogP contribution in [-0.4, -0.2) is 0 Å². The molecule has 1 aromatic carbocycles. The highest BCUT2D eigenvalue weighted by Gasteiger charge is 2.24. The molecule has 2 nitrogen and oxygen atoms in total. The van der Waals surface area contributed by atoms with E-state index in [-0.39, 0.29) is 12.1 Å². The molecule has 2 N–H and O–H groups in total. The van der Waals surface area contributed by atoms with Crippen LogP contribution in [0.1, 0.15) is 36.1 Å². The van der Waals surface area contributed by atoms with Crippen molar-refractivity contribution in [2.75, 3.05) is 0 Å². The highest BCUT2D eigenvalue weighted by Crippen LogP contribution is 2.37. The van der Waals surface area contributed by atoms with Gasteiger partial charge in [-0.15, -0.1) is 0 Å². The summed E-state index contributed by atoms with van der Waals surface area (Å²) in [6.45, 7) is 0. The molecule has 1 aliphatic carbocycles. The van der Waals surface area contributed by atoms with Gasteiger partial charge < -0.3 is 9.92 Å². The Morgan fingerprint density at radius 2 is 1.92 bits per heavy atom. The topological polar surface area (TPSA) is 35.2 Å². The molecule has 0 heterocycles. The van der Waals surface area contributed by atoms with E-state index in [1.807, 2.05) is 12.1 Å². The normalized spacial score (nSPS) is 26.9. The summed E-state index contributed by atoms with van der Waals surface area (Å²) in [6, 6.07) is 8.32. The Hall–Kier alpha value is -0.510. The van der Waals surface area contributed by atoms with Gasteiger partial charge in [0, 0.05) is 6.04 Å². The molecule has 0 saturated carbocycles. The van der Waals surface area contributed by atoms with E-state index in [9.17, 15) is 0 Å². The van der Waals surface area contributed by atoms with Crippen LogP contribution >= 0.6 is 12.9 Å². The molecule has 3 heteroatoms. The fourth-order valence-electron chi connectivity index (χ4n) is 1.89. The van der Waals surface area contributed by atoms with Crippen molar-refractivity contribution < 1.29 is 4.18 Å². The molecule has 2 atom stereocenters. The minimum absolute atomic E-state index is 0.110. The highest BCUT2D eigenvalue weighted by atomic mass is 32.1. The number of nitrogens with two attached hydrogens (primary N) is 1. The van der Waals surface area contributed by atoms with Crippen molar-refractivity contribution in [3.63, 3.8) is 0 Å². The van der Waals surface area contributed by atoms with Gasteiger partial charge in [-0.1, -0.05) is 24.3 Å². The molecule has 70 valence electrons. The molecule has 0 bridgehead atoms. The molecule has 2 rings (SSSR count). The van der Waals surface area contributed by atoms with Gasteiger partial charge in [0.15, 0.2) is 0 Å². The van der Waals surface area contributed by atoms with E-state index in [0.717, 1.165) is 12.8 Å². The molecule has 0 radical (unpaired) electrons. The first kappa shape index (κ1) is 9.06. The SMILES string of the molecule is N[C@@H]1CC[C@@H](OS)c2ccccc21. The van der Waals surface area contributed by atoms with Gasteiger partial charge in [-0.05, 0) is 36.9 Å². The van der Waals surface area contributed by atoms with E-state index in [2.05, 4.69) is 25.0 Å². The summed E-state index contributed by atoms with van der Waals surface area (Å²) in [5.41, 5.74) is 8.38. The lowest BCUT2D eigenvalue weighted by Gasteiger charge is -2.27. The number of thiol groups is 1. The third kappa shape index (κ3) is 1.59. The molecule has 1 aromatic rings. The molecule has 1 aliphatic rings. The highest BCUT2D eigenvalue weighted by molar-refractivity contribution is 7.75. The second kappa shape index (κ2) is 3.70. The van der Waals surface area contributed by atoms with E-state index in [1.54, 1.807) is 0 Å². The molecule has 13 heavy (non-hydrogen) atoms. The van der Waals surface area contributed by atoms with Crippen molar-refractivity contribution in [1.29, 1.82) is 0 Å². The Balaban J connectivity index is 2.42. The average molecular weight is 195 g/mol.